The zero-order valence-electron chi connectivity index (χ0n) is 10.6. The summed E-state index contributed by atoms with van der Waals surface area (Å²) in [6.07, 6.45) is 1.80. The molecule has 98 valence electrons. The van der Waals surface area contributed by atoms with Crippen molar-refractivity contribution in [2.75, 3.05) is 13.1 Å². The molecule has 4 heteroatoms. The average molecular weight is 267 g/mol. The van der Waals surface area contributed by atoms with Crippen LogP contribution in [0.15, 0.2) is 24.3 Å². The van der Waals surface area contributed by atoms with Gasteiger partial charge >= 0.3 is 0 Å². The Hall–Kier alpha value is -1.06. The molecule has 3 nitrogen and oxygen atoms in total. The van der Waals surface area contributed by atoms with Crippen LogP contribution in [-0.2, 0) is 4.79 Å². The molecule has 0 radical (unpaired) electrons. The molecule has 1 aromatic rings. The number of carbonyl (C=O) groups excluding carboxylic acids is 1. The summed E-state index contributed by atoms with van der Waals surface area (Å²) in [7, 11) is 0. The van der Waals surface area contributed by atoms with E-state index in [1.165, 1.54) is 0 Å². The SMILES string of the molecule is CC(=O)N1CCC(c2ccccc2Cl)C1CCN. The molecule has 2 atom stereocenters. The maximum Gasteiger partial charge on any atom is 0.219 e. The average Bonchev–Trinajstić information content (AvgIpc) is 2.74. The van der Waals surface area contributed by atoms with Gasteiger partial charge in [-0.1, -0.05) is 29.8 Å². The van der Waals surface area contributed by atoms with E-state index < -0.39 is 0 Å². The second kappa shape index (κ2) is 5.72. The van der Waals surface area contributed by atoms with Gasteiger partial charge in [-0.15, -0.1) is 0 Å². The number of benzene rings is 1. The molecule has 2 unspecified atom stereocenters. The monoisotopic (exact) mass is 266 g/mol. The number of carbonyl (C=O) groups is 1. The molecule has 1 aliphatic rings. The molecule has 2 N–H and O–H groups in total. The van der Waals surface area contributed by atoms with Crippen LogP contribution in [0.5, 0.6) is 0 Å². The largest absolute Gasteiger partial charge is 0.339 e. The lowest BCUT2D eigenvalue weighted by Crippen LogP contribution is -2.37. The summed E-state index contributed by atoms with van der Waals surface area (Å²) in [6, 6.07) is 8.08. The Morgan fingerprint density at radius 2 is 2.22 bits per heavy atom. The molecule has 0 saturated carbocycles. The molecule has 1 amide bonds. The number of amides is 1. The van der Waals surface area contributed by atoms with Crippen LogP contribution in [-0.4, -0.2) is 29.9 Å². The maximum atomic E-state index is 11.6. The summed E-state index contributed by atoms with van der Waals surface area (Å²) < 4.78 is 0. The van der Waals surface area contributed by atoms with Crippen molar-refractivity contribution in [2.45, 2.75) is 31.7 Å². The first kappa shape index (κ1) is 13.4. The number of halogens is 1. The summed E-state index contributed by atoms with van der Waals surface area (Å²) in [5.41, 5.74) is 6.82. The fourth-order valence-corrected chi connectivity index (χ4v) is 3.19. The Kier molecular flexibility index (Phi) is 4.25. The van der Waals surface area contributed by atoms with Crippen molar-refractivity contribution < 1.29 is 4.79 Å². The minimum absolute atomic E-state index is 0.128. The van der Waals surface area contributed by atoms with E-state index in [0.717, 1.165) is 30.0 Å². The third-order valence-electron chi connectivity index (χ3n) is 3.72. The van der Waals surface area contributed by atoms with Gasteiger partial charge in [-0.2, -0.15) is 0 Å². The summed E-state index contributed by atoms with van der Waals surface area (Å²) in [4.78, 5) is 13.6. The molecule has 2 rings (SSSR count). The van der Waals surface area contributed by atoms with Crippen LogP contribution < -0.4 is 5.73 Å². The predicted molar refractivity (Wildman–Crippen MR) is 73.7 cm³/mol. The zero-order valence-corrected chi connectivity index (χ0v) is 11.4. The molecule has 1 aliphatic heterocycles. The van der Waals surface area contributed by atoms with Crippen molar-refractivity contribution in [3.63, 3.8) is 0 Å². The smallest absolute Gasteiger partial charge is 0.219 e. The molecule has 1 saturated heterocycles. The lowest BCUT2D eigenvalue weighted by molar-refractivity contribution is -0.129. The van der Waals surface area contributed by atoms with Crippen molar-refractivity contribution in [3.05, 3.63) is 34.9 Å². The third kappa shape index (κ3) is 2.52. The van der Waals surface area contributed by atoms with Gasteiger partial charge in [-0.3, -0.25) is 4.79 Å². The highest BCUT2D eigenvalue weighted by Crippen LogP contribution is 2.38. The van der Waals surface area contributed by atoms with Crippen LogP contribution in [0.2, 0.25) is 5.02 Å². The predicted octanol–water partition coefficient (Wildman–Crippen LogP) is 2.39. The highest BCUT2D eigenvalue weighted by Gasteiger charge is 2.36. The van der Waals surface area contributed by atoms with Gasteiger partial charge in [-0.25, -0.2) is 0 Å². The van der Waals surface area contributed by atoms with Gasteiger partial charge in [0.25, 0.3) is 0 Å². The van der Waals surface area contributed by atoms with Crippen LogP contribution in [0.25, 0.3) is 0 Å². The Balaban J connectivity index is 2.28. The molecule has 0 aromatic heterocycles. The molecule has 1 heterocycles. The second-order valence-corrected chi connectivity index (χ2v) is 5.18. The number of nitrogens with zero attached hydrogens (tertiary/aromatic N) is 1. The van der Waals surface area contributed by atoms with E-state index in [9.17, 15) is 4.79 Å². The normalized spacial score (nSPS) is 23.4. The second-order valence-electron chi connectivity index (χ2n) is 4.77. The van der Waals surface area contributed by atoms with Gasteiger partial charge in [0.15, 0.2) is 0 Å². The number of rotatable bonds is 3. The summed E-state index contributed by atoms with van der Waals surface area (Å²) in [5, 5.41) is 0.787. The van der Waals surface area contributed by atoms with Crippen molar-refractivity contribution >= 4 is 17.5 Å². The minimum Gasteiger partial charge on any atom is -0.339 e. The van der Waals surface area contributed by atoms with Crippen LogP contribution >= 0.6 is 11.6 Å². The molecule has 0 spiro atoms. The number of hydrogen-bond acceptors (Lipinski definition) is 2. The van der Waals surface area contributed by atoms with Crippen molar-refractivity contribution in [1.82, 2.24) is 4.90 Å². The van der Waals surface area contributed by atoms with Crippen LogP contribution in [0, 0.1) is 0 Å². The van der Waals surface area contributed by atoms with Gasteiger partial charge in [0, 0.05) is 30.5 Å². The van der Waals surface area contributed by atoms with Gasteiger partial charge in [0.2, 0.25) is 5.91 Å². The third-order valence-corrected chi connectivity index (χ3v) is 4.06. The zero-order chi connectivity index (χ0) is 13.1. The molecule has 1 aromatic carbocycles. The van der Waals surface area contributed by atoms with Gasteiger partial charge in [0.1, 0.15) is 0 Å². The van der Waals surface area contributed by atoms with Crippen LogP contribution in [0.4, 0.5) is 0 Å². The Morgan fingerprint density at radius 1 is 1.50 bits per heavy atom. The number of nitrogens with two attached hydrogens (primary N) is 1. The standard InChI is InChI=1S/C14H19ClN2O/c1-10(18)17-9-7-12(14(17)6-8-16)11-4-2-3-5-13(11)15/h2-5,12,14H,6-9,16H2,1H3. The van der Waals surface area contributed by atoms with Gasteiger partial charge in [0.05, 0.1) is 0 Å². The lowest BCUT2D eigenvalue weighted by atomic mass is 9.90. The van der Waals surface area contributed by atoms with E-state index >= 15 is 0 Å². The van der Waals surface area contributed by atoms with Crippen molar-refractivity contribution in [1.29, 1.82) is 0 Å². The first-order chi connectivity index (χ1) is 8.65. The molecule has 0 aliphatic carbocycles. The summed E-state index contributed by atoms with van der Waals surface area (Å²) in [5.74, 6) is 0.439. The topological polar surface area (TPSA) is 46.3 Å². The highest BCUT2D eigenvalue weighted by molar-refractivity contribution is 6.31. The first-order valence-electron chi connectivity index (χ1n) is 6.37. The fraction of sp³-hybridized carbons (Fsp3) is 0.500. The minimum atomic E-state index is 0.128. The van der Waals surface area contributed by atoms with E-state index in [1.54, 1.807) is 6.92 Å². The van der Waals surface area contributed by atoms with Gasteiger partial charge in [-0.05, 0) is 31.0 Å². The van der Waals surface area contributed by atoms with Gasteiger partial charge < -0.3 is 10.6 Å². The summed E-state index contributed by atoms with van der Waals surface area (Å²) in [6.45, 7) is 3.02. The van der Waals surface area contributed by atoms with E-state index in [0.29, 0.717) is 12.5 Å². The van der Waals surface area contributed by atoms with Crippen molar-refractivity contribution in [3.8, 4) is 0 Å². The molecule has 18 heavy (non-hydrogen) atoms. The Morgan fingerprint density at radius 3 is 2.83 bits per heavy atom. The number of hydrogen-bond donors (Lipinski definition) is 1. The Labute approximate surface area is 113 Å². The maximum absolute atomic E-state index is 11.6. The van der Waals surface area contributed by atoms with E-state index in [1.807, 2.05) is 23.1 Å². The van der Waals surface area contributed by atoms with Crippen LogP contribution in [0.1, 0.15) is 31.2 Å². The molecule has 1 fully saturated rings. The lowest BCUT2D eigenvalue weighted by Gasteiger charge is -2.27. The molecule has 0 bridgehead atoms. The fourth-order valence-electron chi connectivity index (χ4n) is 2.91. The summed E-state index contributed by atoms with van der Waals surface area (Å²) >= 11 is 6.26. The quantitative estimate of drug-likeness (QED) is 0.913. The van der Waals surface area contributed by atoms with E-state index in [4.69, 9.17) is 17.3 Å². The Bertz CT molecular complexity index is 436. The molecular weight excluding hydrogens is 248 g/mol. The molecular formula is C14H19ClN2O. The first-order valence-corrected chi connectivity index (χ1v) is 6.74. The van der Waals surface area contributed by atoms with E-state index in [2.05, 4.69) is 6.07 Å². The van der Waals surface area contributed by atoms with E-state index in [-0.39, 0.29) is 11.9 Å². The highest BCUT2D eigenvalue weighted by atomic mass is 35.5. The van der Waals surface area contributed by atoms with Crippen LogP contribution in [0.3, 0.4) is 0 Å². The number of likely N-dealkylation sites (tertiary alicyclic amines) is 1. The van der Waals surface area contributed by atoms with Crippen molar-refractivity contribution in [2.24, 2.45) is 5.73 Å².